The minimum Gasteiger partial charge on any atom is -0.481 e. The van der Waals surface area contributed by atoms with Gasteiger partial charge in [-0.1, -0.05) is 0 Å². The summed E-state index contributed by atoms with van der Waals surface area (Å²) in [5.41, 5.74) is 5.38. The minimum absolute atomic E-state index is 0.494. The molecule has 0 unspecified atom stereocenters. The van der Waals surface area contributed by atoms with Gasteiger partial charge in [-0.2, -0.15) is 10.2 Å². The fourth-order valence-electron chi connectivity index (χ4n) is 4.84. The number of pyridine rings is 1. The van der Waals surface area contributed by atoms with Gasteiger partial charge in [0.2, 0.25) is 5.88 Å². The van der Waals surface area contributed by atoms with Crippen molar-refractivity contribution in [2.45, 2.75) is 44.8 Å². The van der Waals surface area contributed by atoms with Gasteiger partial charge in [-0.25, -0.2) is 9.67 Å². The van der Waals surface area contributed by atoms with E-state index in [1.54, 1.807) is 13.3 Å². The summed E-state index contributed by atoms with van der Waals surface area (Å²) in [6.07, 6.45) is 8.76. The zero-order valence-corrected chi connectivity index (χ0v) is 19.6. The fourth-order valence-corrected chi connectivity index (χ4v) is 4.84. The maximum Gasteiger partial charge on any atom is 0.216 e. The predicted octanol–water partition coefficient (Wildman–Crippen LogP) is 2.02. The lowest BCUT2D eigenvalue weighted by atomic mass is 9.92. The highest BCUT2D eigenvalue weighted by Crippen LogP contribution is 2.31. The van der Waals surface area contributed by atoms with E-state index in [1.165, 1.54) is 5.56 Å². The molecule has 0 radical (unpaired) electrons. The molecule has 3 aromatic rings. The van der Waals surface area contributed by atoms with Gasteiger partial charge in [0.1, 0.15) is 0 Å². The molecule has 0 saturated carbocycles. The first-order chi connectivity index (χ1) is 16.0. The molecule has 1 fully saturated rings. The van der Waals surface area contributed by atoms with Crippen LogP contribution in [-0.4, -0.2) is 80.6 Å². The normalized spacial score (nSPS) is 18.7. The van der Waals surface area contributed by atoms with Gasteiger partial charge in [-0.15, -0.1) is 0 Å². The van der Waals surface area contributed by atoms with Crippen molar-refractivity contribution in [3.8, 4) is 22.8 Å². The fraction of sp³-hybridized carbons (Fsp3) is 0.542. The van der Waals surface area contributed by atoms with Crippen LogP contribution in [0.15, 0.2) is 24.7 Å². The Hall–Kier alpha value is -2.75. The van der Waals surface area contributed by atoms with Crippen LogP contribution >= 0.6 is 0 Å². The van der Waals surface area contributed by atoms with Crippen LogP contribution in [0.25, 0.3) is 16.9 Å². The summed E-state index contributed by atoms with van der Waals surface area (Å²) in [4.78, 5) is 6.70. The van der Waals surface area contributed by atoms with Gasteiger partial charge in [-0.05, 0) is 39.3 Å². The van der Waals surface area contributed by atoms with E-state index in [0.717, 1.165) is 67.0 Å². The van der Waals surface area contributed by atoms with E-state index in [2.05, 4.69) is 22.0 Å². The van der Waals surface area contributed by atoms with Crippen molar-refractivity contribution in [1.29, 1.82) is 0 Å². The molecular weight excluding hydrogens is 420 g/mol. The maximum atomic E-state index is 11.0. The molecule has 9 heteroatoms. The molecule has 2 aliphatic heterocycles. The molecule has 3 aromatic heterocycles. The number of fused-ring (bicyclic) bond motifs is 1. The average Bonchev–Trinajstić information content (AvgIpc) is 3.32. The van der Waals surface area contributed by atoms with E-state index in [9.17, 15) is 5.11 Å². The average molecular weight is 453 g/mol. The summed E-state index contributed by atoms with van der Waals surface area (Å²) in [5, 5.41) is 20.6. The molecule has 0 aromatic carbocycles. The lowest BCUT2D eigenvalue weighted by Gasteiger charge is -2.36. The van der Waals surface area contributed by atoms with Crippen molar-refractivity contribution in [2.75, 3.05) is 40.5 Å². The van der Waals surface area contributed by atoms with Crippen molar-refractivity contribution >= 4 is 0 Å². The number of aromatic nitrogens is 5. The predicted molar refractivity (Wildman–Crippen MR) is 124 cm³/mol. The van der Waals surface area contributed by atoms with Crippen molar-refractivity contribution in [3.63, 3.8) is 0 Å². The van der Waals surface area contributed by atoms with Crippen LogP contribution in [0.2, 0.25) is 0 Å². The van der Waals surface area contributed by atoms with Crippen LogP contribution in [-0.2, 0) is 24.1 Å². The largest absolute Gasteiger partial charge is 0.481 e. The highest BCUT2D eigenvalue weighted by molar-refractivity contribution is 5.64. The van der Waals surface area contributed by atoms with Gasteiger partial charge < -0.3 is 19.5 Å². The van der Waals surface area contributed by atoms with E-state index in [4.69, 9.17) is 14.6 Å². The number of ether oxygens (including phenoxy) is 2. The number of hydrogen-bond donors (Lipinski definition) is 1. The summed E-state index contributed by atoms with van der Waals surface area (Å²) in [6, 6.07) is 2.05. The molecule has 0 bridgehead atoms. The maximum absolute atomic E-state index is 11.0. The molecule has 0 amide bonds. The van der Waals surface area contributed by atoms with E-state index in [0.29, 0.717) is 25.6 Å². The Morgan fingerprint density at radius 3 is 2.73 bits per heavy atom. The third kappa shape index (κ3) is 4.40. The number of nitrogens with zero attached hydrogens (tertiary/aromatic N) is 6. The molecular formula is C24H32N6O3. The first-order valence-electron chi connectivity index (χ1n) is 11.6. The molecule has 33 heavy (non-hydrogen) atoms. The number of likely N-dealkylation sites (tertiary alicyclic amines) is 1. The van der Waals surface area contributed by atoms with Gasteiger partial charge in [0.25, 0.3) is 0 Å². The van der Waals surface area contributed by atoms with Crippen LogP contribution in [0.5, 0.6) is 5.88 Å². The zero-order valence-electron chi connectivity index (χ0n) is 19.6. The third-order valence-electron chi connectivity index (χ3n) is 6.80. The zero-order chi connectivity index (χ0) is 23.0. The number of aryl methyl sites for hydroxylation is 1. The summed E-state index contributed by atoms with van der Waals surface area (Å²) < 4.78 is 14.9. The van der Waals surface area contributed by atoms with E-state index in [1.807, 2.05) is 34.7 Å². The molecule has 0 aliphatic carbocycles. The molecule has 5 rings (SSSR count). The number of rotatable bonds is 5. The van der Waals surface area contributed by atoms with Crippen LogP contribution in [0.3, 0.4) is 0 Å². The van der Waals surface area contributed by atoms with Gasteiger partial charge >= 0.3 is 0 Å². The van der Waals surface area contributed by atoms with Crippen molar-refractivity contribution in [3.05, 3.63) is 41.5 Å². The van der Waals surface area contributed by atoms with E-state index >= 15 is 0 Å². The number of methoxy groups -OCH3 is 1. The Morgan fingerprint density at radius 2 is 1.97 bits per heavy atom. The SMILES string of the molecule is COc1ncc(-n2nc(-c3cnn(CC4(O)CCN(C)CC4)c3)c3c2CCOCC3)cc1C. The van der Waals surface area contributed by atoms with Crippen molar-refractivity contribution in [1.82, 2.24) is 29.4 Å². The molecule has 1 N–H and O–H groups in total. The number of piperidine rings is 1. The second-order valence-corrected chi connectivity index (χ2v) is 9.27. The van der Waals surface area contributed by atoms with Crippen molar-refractivity contribution < 1.29 is 14.6 Å². The van der Waals surface area contributed by atoms with Crippen LogP contribution < -0.4 is 4.74 Å². The van der Waals surface area contributed by atoms with Gasteiger partial charge in [0, 0.05) is 42.4 Å². The van der Waals surface area contributed by atoms with Crippen LogP contribution in [0, 0.1) is 6.92 Å². The first kappa shape index (κ1) is 22.1. The molecule has 0 spiro atoms. The second kappa shape index (κ2) is 8.89. The summed E-state index contributed by atoms with van der Waals surface area (Å²) in [7, 11) is 3.72. The summed E-state index contributed by atoms with van der Waals surface area (Å²) >= 11 is 0. The minimum atomic E-state index is -0.716. The lowest BCUT2D eigenvalue weighted by Crippen LogP contribution is -2.45. The lowest BCUT2D eigenvalue weighted by molar-refractivity contribution is -0.0315. The monoisotopic (exact) mass is 452 g/mol. The molecule has 1 saturated heterocycles. The van der Waals surface area contributed by atoms with Crippen LogP contribution in [0.1, 0.15) is 29.7 Å². The third-order valence-corrected chi connectivity index (χ3v) is 6.80. The van der Waals surface area contributed by atoms with Gasteiger partial charge in [0.15, 0.2) is 0 Å². The molecule has 0 atom stereocenters. The van der Waals surface area contributed by atoms with Gasteiger partial charge in [-0.3, -0.25) is 4.68 Å². The van der Waals surface area contributed by atoms with Crippen LogP contribution in [0.4, 0.5) is 0 Å². The van der Waals surface area contributed by atoms with Crippen molar-refractivity contribution in [2.24, 2.45) is 0 Å². The van der Waals surface area contributed by atoms with E-state index < -0.39 is 5.60 Å². The Kier molecular flexibility index (Phi) is 5.94. The topological polar surface area (TPSA) is 90.5 Å². The number of aliphatic hydroxyl groups is 1. The highest BCUT2D eigenvalue weighted by Gasteiger charge is 2.32. The highest BCUT2D eigenvalue weighted by atomic mass is 16.5. The Bertz CT molecular complexity index is 1130. The molecule has 9 nitrogen and oxygen atoms in total. The standard InChI is InChI=1S/C24H32N6O3/c1-17-12-19(14-25-23(17)32-3)30-21-5-11-33-10-4-20(21)22(27-30)18-13-26-29(15-18)16-24(31)6-8-28(2)9-7-24/h12-15,31H,4-11,16H2,1-3H3. The Morgan fingerprint density at radius 1 is 1.18 bits per heavy atom. The Labute approximate surface area is 193 Å². The summed E-state index contributed by atoms with van der Waals surface area (Å²) in [6.45, 7) is 5.62. The van der Waals surface area contributed by atoms with E-state index in [-0.39, 0.29) is 0 Å². The molecule has 176 valence electrons. The second-order valence-electron chi connectivity index (χ2n) is 9.27. The molecule has 2 aliphatic rings. The number of hydrogen-bond acceptors (Lipinski definition) is 7. The Balaban J connectivity index is 1.48. The molecule has 5 heterocycles. The summed E-state index contributed by atoms with van der Waals surface area (Å²) in [5.74, 6) is 0.619. The first-order valence-corrected chi connectivity index (χ1v) is 11.6. The quantitative estimate of drug-likeness (QED) is 0.633. The van der Waals surface area contributed by atoms with Gasteiger partial charge in [0.05, 0.1) is 61.9 Å². The smallest absolute Gasteiger partial charge is 0.216 e.